The van der Waals surface area contributed by atoms with Crippen LogP contribution >= 0.6 is 0 Å². The topological polar surface area (TPSA) is 52.6 Å². The van der Waals surface area contributed by atoms with Crippen molar-refractivity contribution in [2.75, 3.05) is 0 Å². The molecule has 0 saturated heterocycles. The number of hydrogen-bond donors (Lipinski definition) is 0. The highest BCUT2D eigenvalue weighted by Gasteiger charge is 2.01. The molecule has 106 valence electrons. The number of hydrogen-bond acceptors (Lipinski definition) is 4. The Balaban J connectivity index is 1.88. The zero-order valence-electron chi connectivity index (χ0n) is 11.3. The van der Waals surface area contributed by atoms with E-state index in [1.165, 1.54) is 0 Å². The van der Waals surface area contributed by atoms with E-state index >= 15 is 0 Å². The molecule has 0 aliphatic heterocycles. The second-order valence-electron chi connectivity index (χ2n) is 4.16. The van der Waals surface area contributed by atoms with Gasteiger partial charge in [-0.2, -0.15) is 0 Å². The van der Waals surface area contributed by atoms with Crippen LogP contribution in [0.4, 0.5) is 0 Å². The molecule has 0 bridgehead atoms. The van der Waals surface area contributed by atoms with Crippen molar-refractivity contribution in [3.8, 4) is 11.5 Å². The first-order valence-corrected chi connectivity index (χ1v) is 6.38. The van der Waals surface area contributed by atoms with Crippen LogP contribution in [-0.4, -0.2) is 12.3 Å². The Morgan fingerprint density at radius 3 is 2.29 bits per heavy atom. The van der Waals surface area contributed by atoms with Crippen LogP contribution in [0.15, 0.2) is 66.7 Å². The summed E-state index contributed by atoms with van der Waals surface area (Å²) < 4.78 is 10.6. The van der Waals surface area contributed by atoms with E-state index in [1.54, 1.807) is 24.3 Å². The minimum atomic E-state index is -0.597. The fourth-order valence-corrected chi connectivity index (χ4v) is 1.61. The lowest BCUT2D eigenvalue weighted by Gasteiger charge is -2.07. The molecule has 0 fully saturated rings. The quantitative estimate of drug-likeness (QED) is 0.354. The van der Waals surface area contributed by atoms with Crippen LogP contribution < -0.4 is 9.47 Å². The number of carbonyl (C=O) groups is 2. The van der Waals surface area contributed by atoms with E-state index in [-0.39, 0.29) is 0 Å². The van der Waals surface area contributed by atoms with Gasteiger partial charge in [0.1, 0.15) is 24.4 Å². The van der Waals surface area contributed by atoms with Gasteiger partial charge in [-0.15, -0.1) is 0 Å². The molecule has 0 aliphatic carbocycles. The minimum absolute atomic E-state index is 0.391. The van der Waals surface area contributed by atoms with Crippen molar-refractivity contribution >= 4 is 12.3 Å². The summed E-state index contributed by atoms with van der Waals surface area (Å²) in [7, 11) is 0. The Labute approximate surface area is 122 Å². The summed E-state index contributed by atoms with van der Waals surface area (Å²) in [6, 6.07) is 16.5. The Kier molecular flexibility index (Phi) is 5.29. The number of benzene rings is 2. The first kappa shape index (κ1) is 14.5. The highest BCUT2D eigenvalue weighted by atomic mass is 16.5. The number of rotatable bonds is 6. The van der Waals surface area contributed by atoms with Crippen molar-refractivity contribution in [2.45, 2.75) is 6.61 Å². The third-order valence-electron chi connectivity index (χ3n) is 2.60. The molecule has 0 amide bonds. The van der Waals surface area contributed by atoms with Crippen molar-refractivity contribution in [1.82, 2.24) is 0 Å². The molecular formula is C17H14O4. The molecule has 0 spiro atoms. The molecule has 0 radical (unpaired) electrons. The van der Waals surface area contributed by atoms with Gasteiger partial charge in [0.05, 0.1) is 0 Å². The van der Waals surface area contributed by atoms with Gasteiger partial charge in [0, 0.05) is 6.08 Å². The van der Waals surface area contributed by atoms with Gasteiger partial charge in [0.15, 0.2) is 0 Å². The number of carbonyl (C=O) groups excluding carboxylic acids is 2. The van der Waals surface area contributed by atoms with E-state index in [0.717, 1.165) is 17.7 Å². The fourth-order valence-electron chi connectivity index (χ4n) is 1.61. The third-order valence-corrected chi connectivity index (χ3v) is 2.60. The SMILES string of the molecule is O=CC=CC(=O)Oc1ccc(OCc2ccccc2)cc1. The van der Waals surface area contributed by atoms with E-state index in [4.69, 9.17) is 9.47 Å². The van der Waals surface area contributed by atoms with E-state index in [0.29, 0.717) is 24.4 Å². The predicted molar refractivity (Wildman–Crippen MR) is 78.1 cm³/mol. The molecule has 2 aromatic rings. The van der Waals surface area contributed by atoms with E-state index in [9.17, 15) is 9.59 Å². The summed E-state index contributed by atoms with van der Waals surface area (Å²) in [4.78, 5) is 21.4. The third kappa shape index (κ3) is 4.95. The number of esters is 1. The molecule has 0 aliphatic rings. The van der Waals surface area contributed by atoms with Gasteiger partial charge in [-0.05, 0) is 35.9 Å². The van der Waals surface area contributed by atoms with E-state index in [2.05, 4.69) is 0 Å². The molecular weight excluding hydrogens is 268 g/mol. The maximum atomic E-state index is 11.3. The van der Waals surface area contributed by atoms with Crippen LogP contribution in [0.25, 0.3) is 0 Å². The van der Waals surface area contributed by atoms with Crippen molar-refractivity contribution < 1.29 is 19.1 Å². The molecule has 0 atom stereocenters. The van der Waals surface area contributed by atoms with E-state index in [1.807, 2.05) is 30.3 Å². The Morgan fingerprint density at radius 1 is 0.952 bits per heavy atom. The highest BCUT2D eigenvalue weighted by molar-refractivity contribution is 5.88. The molecule has 21 heavy (non-hydrogen) atoms. The second kappa shape index (κ2) is 7.65. The van der Waals surface area contributed by atoms with Crippen LogP contribution in [0.3, 0.4) is 0 Å². The molecule has 2 aromatic carbocycles. The van der Waals surface area contributed by atoms with Gasteiger partial charge in [0.25, 0.3) is 0 Å². The Bertz CT molecular complexity index is 615. The van der Waals surface area contributed by atoms with Gasteiger partial charge in [-0.25, -0.2) is 4.79 Å². The lowest BCUT2D eigenvalue weighted by Crippen LogP contribution is -2.03. The van der Waals surface area contributed by atoms with Crippen molar-refractivity contribution in [2.24, 2.45) is 0 Å². The van der Waals surface area contributed by atoms with Gasteiger partial charge in [0.2, 0.25) is 0 Å². The average molecular weight is 282 g/mol. The Morgan fingerprint density at radius 2 is 1.62 bits per heavy atom. The number of ether oxygens (including phenoxy) is 2. The van der Waals surface area contributed by atoms with Gasteiger partial charge in [-0.1, -0.05) is 30.3 Å². The standard InChI is InChI=1S/C17H14O4/c18-12-4-7-17(19)21-16-10-8-15(9-11-16)20-13-14-5-2-1-3-6-14/h1-12H,13H2. The summed E-state index contributed by atoms with van der Waals surface area (Å²) in [5, 5.41) is 0. The molecule has 0 aromatic heterocycles. The van der Waals surface area contributed by atoms with Gasteiger partial charge in [-0.3, -0.25) is 4.79 Å². The fraction of sp³-hybridized carbons (Fsp3) is 0.0588. The maximum Gasteiger partial charge on any atom is 0.336 e. The van der Waals surface area contributed by atoms with Crippen LogP contribution in [-0.2, 0) is 16.2 Å². The lowest BCUT2D eigenvalue weighted by atomic mass is 10.2. The molecule has 0 saturated carbocycles. The smallest absolute Gasteiger partial charge is 0.336 e. The summed E-state index contributed by atoms with van der Waals surface area (Å²) >= 11 is 0. The zero-order valence-corrected chi connectivity index (χ0v) is 11.3. The highest BCUT2D eigenvalue weighted by Crippen LogP contribution is 2.18. The van der Waals surface area contributed by atoms with Crippen molar-refractivity contribution in [3.05, 3.63) is 72.3 Å². The average Bonchev–Trinajstić information content (AvgIpc) is 2.53. The van der Waals surface area contributed by atoms with Gasteiger partial charge < -0.3 is 9.47 Å². The zero-order chi connectivity index (χ0) is 14.9. The maximum absolute atomic E-state index is 11.3. The van der Waals surface area contributed by atoms with Crippen molar-refractivity contribution in [3.63, 3.8) is 0 Å². The van der Waals surface area contributed by atoms with Crippen LogP contribution in [0.2, 0.25) is 0 Å². The minimum Gasteiger partial charge on any atom is -0.489 e. The van der Waals surface area contributed by atoms with Gasteiger partial charge >= 0.3 is 5.97 Å². The molecule has 4 heteroatoms. The number of aldehydes is 1. The monoisotopic (exact) mass is 282 g/mol. The summed E-state index contributed by atoms with van der Waals surface area (Å²) in [5.74, 6) is 0.477. The first-order chi connectivity index (χ1) is 10.3. The first-order valence-electron chi connectivity index (χ1n) is 6.38. The lowest BCUT2D eigenvalue weighted by molar-refractivity contribution is -0.129. The van der Waals surface area contributed by atoms with Crippen molar-refractivity contribution in [1.29, 1.82) is 0 Å². The van der Waals surface area contributed by atoms with Crippen LogP contribution in [0.1, 0.15) is 5.56 Å². The molecule has 4 nitrogen and oxygen atoms in total. The largest absolute Gasteiger partial charge is 0.489 e. The number of allylic oxidation sites excluding steroid dienone is 1. The summed E-state index contributed by atoms with van der Waals surface area (Å²) in [6.07, 6.45) is 2.66. The predicted octanol–water partition coefficient (Wildman–Crippen LogP) is 2.93. The summed E-state index contributed by atoms with van der Waals surface area (Å²) in [6.45, 7) is 0.474. The molecule has 0 N–H and O–H groups in total. The second-order valence-corrected chi connectivity index (χ2v) is 4.16. The van der Waals surface area contributed by atoms with E-state index < -0.39 is 5.97 Å². The van der Waals surface area contributed by atoms with Crippen LogP contribution in [0, 0.1) is 0 Å². The molecule has 0 heterocycles. The summed E-state index contributed by atoms with van der Waals surface area (Å²) in [5.41, 5.74) is 1.08. The normalized spacial score (nSPS) is 10.3. The molecule has 0 unspecified atom stereocenters. The molecule has 2 rings (SSSR count). The van der Waals surface area contributed by atoms with Crippen LogP contribution in [0.5, 0.6) is 11.5 Å². The Hall–Kier alpha value is -2.88.